The van der Waals surface area contributed by atoms with E-state index in [1.807, 2.05) is 6.92 Å². The normalized spacial score (nSPS) is 7.54. The van der Waals surface area contributed by atoms with Gasteiger partial charge in [0, 0.05) is 25.2 Å². The van der Waals surface area contributed by atoms with Crippen molar-refractivity contribution in [1.82, 2.24) is 0 Å². The van der Waals surface area contributed by atoms with Gasteiger partial charge in [-0.05, 0) is 6.42 Å². The first-order valence-electron chi connectivity index (χ1n) is 4.33. The Morgan fingerprint density at radius 1 is 1.23 bits per heavy atom. The van der Waals surface area contributed by atoms with Crippen LogP contribution in [-0.4, -0.2) is 13.1 Å². The Balaban J connectivity index is 3.43. The molecule has 2 nitrogen and oxygen atoms in total. The minimum atomic E-state index is -0.473. The zero-order chi connectivity index (χ0) is 9.94. The van der Waals surface area contributed by atoms with Crippen molar-refractivity contribution in [1.29, 1.82) is 0 Å². The van der Waals surface area contributed by atoms with Crippen molar-refractivity contribution < 1.29 is 9.53 Å². The molecule has 0 N–H and O–H groups in total. The van der Waals surface area contributed by atoms with Crippen molar-refractivity contribution in [2.24, 2.45) is 0 Å². The van der Waals surface area contributed by atoms with Crippen LogP contribution < -0.4 is 0 Å². The molecule has 0 spiro atoms. The molecule has 0 rings (SSSR count). The quantitative estimate of drug-likeness (QED) is 0.279. The molecule has 0 saturated heterocycles. The number of carbonyl (C=O) groups is 1. The summed E-state index contributed by atoms with van der Waals surface area (Å²) < 4.78 is 4.35. The van der Waals surface area contributed by atoms with Crippen molar-refractivity contribution in [3.8, 4) is 23.7 Å². The summed E-state index contributed by atoms with van der Waals surface area (Å²) in [6.07, 6.45) is 3.36. The van der Waals surface area contributed by atoms with Crippen molar-refractivity contribution in [2.75, 3.05) is 7.11 Å². The summed E-state index contributed by atoms with van der Waals surface area (Å²) in [6.45, 7) is 2.02. The van der Waals surface area contributed by atoms with Crippen molar-refractivity contribution in [3.05, 3.63) is 0 Å². The Hall–Kier alpha value is -1.41. The van der Waals surface area contributed by atoms with Gasteiger partial charge in [-0.2, -0.15) is 0 Å². The van der Waals surface area contributed by atoms with E-state index < -0.39 is 5.97 Å². The highest BCUT2D eigenvalue weighted by atomic mass is 16.5. The highest BCUT2D eigenvalue weighted by molar-refractivity contribution is 5.88. The Kier molecular flexibility index (Phi) is 7.74. The molecule has 0 saturated carbocycles. The second-order valence-electron chi connectivity index (χ2n) is 2.35. The summed E-state index contributed by atoms with van der Waals surface area (Å²) in [6, 6.07) is 0. The number of rotatable bonds is 2. The molecule has 0 aromatic heterocycles. The molecule has 0 amide bonds. The van der Waals surface area contributed by atoms with Gasteiger partial charge in [-0.3, -0.25) is 0 Å². The van der Waals surface area contributed by atoms with Gasteiger partial charge in [0.15, 0.2) is 0 Å². The molecule has 0 aromatic carbocycles. The number of methoxy groups -OCH3 is 1. The number of ether oxygens (including phenoxy) is 1. The molecule has 0 aromatic rings. The van der Waals surface area contributed by atoms with Gasteiger partial charge in [-0.1, -0.05) is 12.8 Å². The molecule has 0 bridgehead atoms. The average molecular weight is 178 g/mol. The maximum absolute atomic E-state index is 10.5. The van der Waals surface area contributed by atoms with E-state index in [9.17, 15) is 4.79 Å². The molecular weight excluding hydrogens is 164 g/mol. The van der Waals surface area contributed by atoms with E-state index in [0.717, 1.165) is 19.3 Å². The van der Waals surface area contributed by atoms with Crippen LogP contribution in [0.25, 0.3) is 0 Å². The first kappa shape index (κ1) is 11.6. The lowest BCUT2D eigenvalue weighted by molar-refractivity contribution is -0.133. The van der Waals surface area contributed by atoms with E-state index in [-0.39, 0.29) is 0 Å². The highest BCUT2D eigenvalue weighted by Crippen LogP contribution is 1.91. The number of esters is 1. The minimum absolute atomic E-state index is 0.473. The molecule has 0 unspecified atom stereocenters. The third kappa shape index (κ3) is 8.50. The molecular formula is C11H14O2. The fourth-order valence-corrected chi connectivity index (χ4v) is 0.664. The highest BCUT2D eigenvalue weighted by Gasteiger charge is 1.87. The van der Waals surface area contributed by atoms with Crippen LogP contribution in [-0.2, 0) is 9.53 Å². The third-order valence-electron chi connectivity index (χ3n) is 1.28. The van der Waals surface area contributed by atoms with E-state index in [1.165, 1.54) is 7.11 Å². The van der Waals surface area contributed by atoms with E-state index in [2.05, 4.69) is 28.4 Å². The molecule has 0 heterocycles. The van der Waals surface area contributed by atoms with Gasteiger partial charge >= 0.3 is 5.97 Å². The predicted octanol–water partition coefficient (Wildman–Crippen LogP) is 1.75. The Bertz CT molecular complexity index is 257. The summed E-state index contributed by atoms with van der Waals surface area (Å²) in [7, 11) is 1.32. The fraction of sp³-hybridized carbons (Fsp3) is 0.545. The van der Waals surface area contributed by atoms with Crippen molar-refractivity contribution in [3.63, 3.8) is 0 Å². The van der Waals surface area contributed by atoms with Gasteiger partial charge in [0.2, 0.25) is 0 Å². The molecule has 0 fully saturated rings. The van der Waals surface area contributed by atoms with Gasteiger partial charge in [0.1, 0.15) is 0 Å². The minimum Gasteiger partial charge on any atom is -0.459 e. The molecule has 2 heteroatoms. The van der Waals surface area contributed by atoms with E-state index in [0.29, 0.717) is 6.42 Å². The molecule has 13 heavy (non-hydrogen) atoms. The topological polar surface area (TPSA) is 26.3 Å². The van der Waals surface area contributed by atoms with Crippen LogP contribution in [0.4, 0.5) is 0 Å². The first-order valence-corrected chi connectivity index (χ1v) is 4.33. The van der Waals surface area contributed by atoms with Crippen LogP contribution in [0, 0.1) is 23.7 Å². The molecule has 0 aliphatic rings. The van der Waals surface area contributed by atoms with Gasteiger partial charge in [-0.25, -0.2) is 4.79 Å². The van der Waals surface area contributed by atoms with Crippen LogP contribution in [0.1, 0.15) is 32.6 Å². The lowest BCUT2D eigenvalue weighted by atomic mass is 10.2. The van der Waals surface area contributed by atoms with Gasteiger partial charge in [0.05, 0.1) is 7.11 Å². The van der Waals surface area contributed by atoms with E-state index in [4.69, 9.17) is 0 Å². The zero-order valence-electron chi connectivity index (χ0n) is 8.14. The summed E-state index contributed by atoms with van der Waals surface area (Å²) in [4.78, 5) is 10.5. The monoisotopic (exact) mass is 178 g/mol. The van der Waals surface area contributed by atoms with Gasteiger partial charge in [0.25, 0.3) is 0 Å². The molecule has 0 aliphatic heterocycles. The number of carbonyl (C=O) groups excluding carboxylic acids is 1. The van der Waals surface area contributed by atoms with Gasteiger partial charge in [-0.15, -0.1) is 11.8 Å². The van der Waals surface area contributed by atoms with E-state index >= 15 is 0 Å². The third-order valence-corrected chi connectivity index (χ3v) is 1.28. The van der Waals surface area contributed by atoms with Crippen LogP contribution in [0.2, 0.25) is 0 Å². The summed E-state index contributed by atoms with van der Waals surface area (Å²) >= 11 is 0. The number of unbranched alkanes of at least 4 members (excludes halogenated alkanes) is 2. The Labute approximate surface area is 79.7 Å². The first-order chi connectivity index (χ1) is 6.31. The Morgan fingerprint density at radius 2 is 1.92 bits per heavy atom. The second-order valence-corrected chi connectivity index (χ2v) is 2.35. The maximum atomic E-state index is 10.5. The summed E-state index contributed by atoms with van der Waals surface area (Å²) in [5.74, 6) is 10.6. The fourth-order valence-electron chi connectivity index (χ4n) is 0.664. The van der Waals surface area contributed by atoms with Crippen LogP contribution in [0.5, 0.6) is 0 Å². The maximum Gasteiger partial charge on any atom is 0.384 e. The second kappa shape index (κ2) is 8.68. The van der Waals surface area contributed by atoms with Crippen LogP contribution in [0.15, 0.2) is 0 Å². The SMILES string of the molecule is CCC#CCCCC#CC(=O)OC. The molecule has 0 aliphatic carbocycles. The van der Waals surface area contributed by atoms with Gasteiger partial charge < -0.3 is 4.74 Å². The average Bonchev–Trinajstić information content (AvgIpc) is 2.16. The number of hydrogen-bond donors (Lipinski definition) is 0. The summed E-state index contributed by atoms with van der Waals surface area (Å²) in [5.41, 5.74) is 0. The largest absolute Gasteiger partial charge is 0.459 e. The van der Waals surface area contributed by atoms with E-state index in [1.54, 1.807) is 0 Å². The summed E-state index contributed by atoms with van der Waals surface area (Å²) in [5, 5.41) is 0. The smallest absolute Gasteiger partial charge is 0.384 e. The molecule has 0 radical (unpaired) electrons. The molecule has 0 atom stereocenters. The number of hydrogen-bond acceptors (Lipinski definition) is 2. The predicted molar refractivity (Wildman–Crippen MR) is 51.7 cm³/mol. The van der Waals surface area contributed by atoms with Crippen molar-refractivity contribution in [2.45, 2.75) is 32.6 Å². The Morgan fingerprint density at radius 3 is 2.54 bits per heavy atom. The lowest BCUT2D eigenvalue weighted by Crippen LogP contribution is -1.93. The molecule has 70 valence electrons. The van der Waals surface area contributed by atoms with Crippen LogP contribution in [0.3, 0.4) is 0 Å². The lowest BCUT2D eigenvalue weighted by Gasteiger charge is -1.85. The zero-order valence-corrected chi connectivity index (χ0v) is 8.14. The van der Waals surface area contributed by atoms with Crippen molar-refractivity contribution >= 4 is 5.97 Å². The van der Waals surface area contributed by atoms with Crippen LogP contribution >= 0.6 is 0 Å². The standard InChI is InChI=1S/C11H14O2/c1-3-4-5-6-7-8-9-10-11(12)13-2/h3,6-8H2,1-2H3.